The number of rotatable bonds is 10. The topological polar surface area (TPSA) is 138 Å². The third-order valence-corrected chi connectivity index (χ3v) is 9.46. The van der Waals surface area contributed by atoms with Gasteiger partial charge in [-0.15, -0.1) is 0 Å². The van der Waals surface area contributed by atoms with Crippen LogP contribution in [-0.2, 0) is 21.2 Å². The predicted octanol–water partition coefficient (Wildman–Crippen LogP) is 4.07. The van der Waals surface area contributed by atoms with Crippen molar-refractivity contribution < 1.29 is 17.9 Å². The van der Waals surface area contributed by atoms with Gasteiger partial charge in [0.05, 0.1) is 23.4 Å². The number of nitrogens with zero attached hydrogens (tertiary/aromatic N) is 3. The van der Waals surface area contributed by atoms with Crippen LogP contribution in [0.25, 0.3) is 21.7 Å². The van der Waals surface area contributed by atoms with Gasteiger partial charge in [0.15, 0.2) is 14.8 Å². The lowest BCUT2D eigenvalue weighted by atomic mass is 10.1. The Morgan fingerprint density at radius 3 is 2.43 bits per heavy atom. The lowest BCUT2D eigenvalue weighted by molar-refractivity contribution is -0.118. The smallest absolute Gasteiger partial charge is 0.278 e. The van der Waals surface area contributed by atoms with Crippen molar-refractivity contribution in [2.75, 3.05) is 19.4 Å². The van der Waals surface area contributed by atoms with Crippen molar-refractivity contribution in [2.24, 2.45) is 5.14 Å². The van der Waals surface area contributed by atoms with Crippen LogP contribution in [-0.4, -0.2) is 47.9 Å². The fourth-order valence-electron chi connectivity index (χ4n) is 4.24. The van der Waals surface area contributed by atoms with Crippen LogP contribution in [0.2, 0.25) is 0 Å². The molecule has 216 valence electrons. The van der Waals surface area contributed by atoms with Crippen LogP contribution in [0.1, 0.15) is 5.56 Å². The first kappa shape index (κ1) is 29.7. The molecule has 0 spiro atoms. The van der Waals surface area contributed by atoms with Crippen LogP contribution in [0.4, 0.5) is 0 Å². The summed E-state index contributed by atoms with van der Waals surface area (Å²) < 4.78 is 32.5. The normalized spacial score (nSPS) is 11.5. The van der Waals surface area contributed by atoms with Gasteiger partial charge in [0.25, 0.3) is 5.56 Å². The molecular formula is C28H25N5O5S4. The number of nitrogens with two attached hydrogens (primary N) is 1. The number of para-hydroxylation sites is 3. The van der Waals surface area contributed by atoms with E-state index in [1.807, 2.05) is 30.3 Å². The van der Waals surface area contributed by atoms with E-state index >= 15 is 0 Å². The molecule has 14 heteroatoms. The molecule has 2 aromatic heterocycles. The third-order valence-electron chi connectivity index (χ3n) is 6.24. The molecule has 0 atom stereocenters. The Balaban J connectivity index is 1.43. The number of ether oxygens (including phenoxy) is 1. The average Bonchev–Trinajstić information content (AvgIpc) is 3.32. The van der Waals surface area contributed by atoms with Crippen LogP contribution in [0, 0.1) is 3.95 Å². The second-order valence-corrected chi connectivity index (χ2v) is 13.1. The fraction of sp³-hybridized carbons (Fsp3) is 0.143. The molecule has 0 unspecified atom stereocenters. The van der Waals surface area contributed by atoms with E-state index in [1.54, 1.807) is 41.0 Å². The zero-order valence-electron chi connectivity index (χ0n) is 22.2. The summed E-state index contributed by atoms with van der Waals surface area (Å²) in [5, 5.41) is 8.31. The number of aromatic nitrogens is 3. The number of sulfonamides is 1. The minimum Gasteiger partial charge on any atom is -0.495 e. The van der Waals surface area contributed by atoms with Crippen LogP contribution in [0.5, 0.6) is 5.75 Å². The second-order valence-electron chi connectivity index (χ2n) is 8.98. The lowest BCUT2D eigenvalue weighted by Gasteiger charge is -2.15. The fourth-order valence-corrected chi connectivity index (χ4v) is 6.88. The molecule has 0 aliphatic rings. The first-order chi connectivity index (χ1) is 20.2. The molecule has 0 aliphatic carbocycles. The number of primary sulfonamides is 1. The van der Waals surface area contributed by atoms with E-state index in [0.29, 0.717) is 43.9 Å². The van der Waals surface area contributed by atoms with Crippen LogP contribution in [0.3, 0.4) is 0 Å². The number of amides is 1. The molecule has 5 aromatic rings. The third kappa shape index (κ3) is 6.32. The van der Waals surface area contributed by atoms with E-state index in [-0.39, 0.29) is 22.1 Å². The molecule has 1 amide bonds. The summed E-state index contributed by atoms with van der Waals surface area (Å²) >= 11 is 7.93. The van der Waals surface area contributed by atoms with Crippen molar-refractivity contribution >= 4 is 61.6 Å². The van der Waals surface area contributed by atoms with Crippen LogP contribution < -0.4 is 20.8 Å². The van der Waals surface area contributed by atoms with Gasteiger partial charge in [0.1, 0.15) is 10.4 Å². The number of thiazole rings is 1. The quantitative estimate of drug-likeness (QED) is 0.133. The first-order valence-corrected chi connectivity index (χ1v) is 16.3. The molecule has 3 N–H and O–H groups in total. The number of carbonyl (C=O) groups is 1. The Bertz CT molecular complexity index is 1990. The van der Waals surface area contributed by atoms with Crippen molar-refractivity contribution in [2.45, 2.75) is 16.5 Å². The number of methoxy groups -OCH3 is 1. The lowest BCUT2D eigenvalue weighted by Crippen LogP contribution is -2.28. The molecule has 10 nitrogen and oxygen atoms in total. The van der Waals surface area contributed by atoms with Crippen LogP contribution in [0.15, 0.2) is 93.7 Å². The maximum absolute atomic E-state index is 13.9. The van der Waals surface area contributed by atoms with Gasteiger partial charge in [0.2, 0.25) is 15.9 Å². The van der Waals surface area contributed by atoms with E-state index in [9.17, 15) is 18.0 Å². The Hall–Kier alpha value is -3.82. The highest BCUT2D eigenvalue weighted by Crippen LogP contribution is 2.30. The molecular weight excluding hydrogens is 615 g/mol. The number of carbonyl (C=O) groups excluding carboxylic acids is 1. The van der Waals surface area contributed by atoms with Crippen molar-refractivity contribution in [3.05, 3.63) is 98.7 Å². The minimum absolute atomic E-state index is 0.00629. The van der Waals surface area contributed by atoms with E-state index in [2.05, 4.69) is 5.32 Å². The molecule has 0 radical (unpaired) electrons. The Morgan fingerprint density at radius 2 is 1.74 bits per heavy atom. The van der Waals surface area contributed by atoms with Gasteiger partial charge in [-0.05, 0) is 60.6 Å². The predicted molar refractivity (Wildman–Crippen MR) is 167 cm³/mol. The van der Waals surface area contributed by atoms with Gasteiger partial charge in [-0.3, -0.25) is 18.7 Å². The van der Waals surface area contributed by atoms with Crippen molar-refractivity contribution in [3.8, 4) is 17.1 Å². The molecule has 42 heavy (non-hydrogen) atoms. The summed E-state index contributed by atoms with van der Waals surface area (Å²) in [6.07, 6.45) is 0.491. The van der Waals surface area contributed by atoms with Crippen molar-refractivity contribution in [3.63, 3.8) is 0 Å². The van der Waals surface area contributed by atoms with Gasteiger partial charge in [0, 0.05) is 12.2 Å². The highest BCUT2D eigenvalue weighted by Gasteiger charge is 2.21. The largest absolute Gasteiger partial charge is 0.495 e. The molecule has 2 heterocycles. The highest BCUT2D eigenvalue weighted by atomic mass is 32.2. The van der Waals surface area contributed by atoms with Gasteiger partial charge in [-0.2, -0.15) is 0 Å². The number of hydrogen-bond donors (Lipinski definition) is 2. The van der Waals surface area contributed by atoms with Gasteiger partial charge < -0.3 is 10.1 Å². The van der Waals surface area contributed by atoms with E-state index in [1.165, 1.54) is 35.1 Å². The summed E-state index contributed by atoms with van der Waals surface area (Å²) in [5.41, 5.74) is 2.21. The number of thioether (sulfide) groups is 1. The second kappa shape index (κ2) is 12.6. The number of nitrogens with one attached hydrogen (secondary N) is 1. The first-order valence-electron chi connectivity index (χ1n) is 12.6. The van der Waals surface area contributed by atoms with E-state index in [4.69, 9.17) is 27.1 Å². The standard InChI is InChI=1S/C28H25N5O5S4/c1-38-22-10-6-5-9-21(22)33-26(35)24-25(32(28(39)41-24)19-7-3-2-4-8-19)31-27(33)40-17-23(34)30-16-15-18-11-13-20(14-12-18)42(29,36)37/h2-14H,15-17H2,1H3,(H,30,34)(H2,29,36,37). The maximum atomic E-state index is 13.9. The zero-order chi connectivity index (χ0) is 29.9. The van der Waals surface area contributed by atoms with Crippen molar-refractivity contribution in [1.29, 1.82) is 0 Å². The highest BCUT2D eigenvalue weighted by molar-refractivity contribution is 7.99. The Morgan fingerprint density at radius 1 is 1.05 bits per heavy atom. The van der Waals surface area contributed by atoms with Gasteiger partial charge in [-0.1, -0.05) is 65.6 Å². The molecule has 0 saturated heterocycles. The maximum Gasteiger partial charge on any atom is 0.278 e. The summed E-state index contributed by atoms with van der Waals surface area (Å²) in [7, 11) is -2.24. The van der Waals surface area contributed by atoms with E-state index < -0.39 is 10.0 Å². The monoisotopic (exact) mass is 639 g/mol. The molecule has 3 aromatic carbocycles. The SMILES string of the molecule is COc1ccccc1-n1c(SCC(=O)NCCc2ccc(S(N)(=O)=O)cc2)nc2c(sc(=S)n2-c2ccccc2)c1=O. The summed E-state index contributed by atoms with van der Waals surface area (Å²) in [6, 6.07) is 22.7. The number of hydrogen-bond acceptors (Lipinski definition) is 9. The summed E-state index contributed by atoms with van der Waals surface area (Å²) in [6.45, 7) is 0.331. The zero-order valence-corrected chi connectivity index (χ0v) is 25.5. The van der Waals surface area contributed by atoms with E-state index in [0.717, 1.165) is 23.0 Å². The molecule has 0 fully saturated rings. The van der Waals surface area contributed by atoms with Gasteiger partial charge in [-0.25, -0.2) is 18.5 Å². The summed E-state index contributed by atoms with van der Waals surface area (Å²) in [4.78, 5) is 31.6. The number of benzene rings is 3. The molecule has 0 aliphatic heterocycles. The van der Waals surface area contributed by atoms with Gasteiger partial charge >= 0.3 is 0 Å². The summed E-state index contributed by atoms with van der Waals surface area (Å²) in [5.74, 6) is 0.215. The minimum atomic E-state index is -3.77. The molecule has 0 bridgehead atoms. The average molecular weight is 640 g/mol. The van der Waals surface area contributed by atoms with Crippen molar-refractivity contribution in [1.82, 2.24) is 19.4 Å². The Kier molecular flexibility index (Phi) is 8.89. The van der Waals surface area contributed by atoms with Crippen LogP contribution >= 0.6 is 35.3 Å². The molecule has 0 saturated carbocycles. The molecule has 5 rings (SSSR count). The number of fused-ring (bicyclic) bond motifs is 1. The Labute approximate surface area is 254 Å².